The topological polar surface area (TPSA) is 29.1 Å². The first-order valence-electron chi connectivity index (χ1n) is 6.17. The van der Waals surface area contributed by atoms with Gasteiger partial charge in [0, 0.05) is 6.42 Å². The standard InChI is InChI=1S/C14H20ClNOS/c1-9(2)11-5-6-13(12(15)8-11)16-14(17)7-4-10(3)18/h5-6,8-10,18H,4,7H2,1-3H3,(H,16,17). The highest BCUT2D eigenvalue weighted by molar-refractivity contribution is 7.80. The van der Waals surface area contributed by atoms with Crippen LogP contribution in [0.1, 0.15) is 45.1 Å². The quantitative estimate of drug-likeness (QED) is 0.766. The molecule has 100 valence electrons. The molecule has 1 unspecified atom stereocenters. The van der Waals surface area contributed by atoms with Crippen LogP contribution in [0.15, 0.2) is 18.2 Å². The number of nitrogens with one attached hydrogen (secondary N) is 1. The van der Waals surface area contributed by atoms with E-state index in [-0.39, 0.29) is 11.2 Å². The molecule has 0 heterocycles. The summed E-state index contributed by atoms with van der Waals surface area (Å²) in [6.45, 7) is 6.19. The van der Waals surface area contributed by atoms with Crippen LogP contribution in [0.2, 0.25) is 5.02 Å². The van der Waals surface area contributed by atoms with Gasteiger partial charge in [-0.25, -0.2) is 0 Å². The number of amides is 1. The second-order valence-electron chi connectivity index (χ2n) is 4.83. The lowest BCUT2D eigenvalue weighted by molar-refractivity contribution is -0.116. The number of carbonyl (C=O) groups is 1. The molecule has 1 rings (SSSR count). The van der Waals surface area contributed by atoms with E-state index in [0.717, 1.165) is 6.42 Å². The average molecular weight is 286 g/mol. The minimum absolute atomic E-state index is 0.0184. The number of anilines is 1. The molecule has 2 nitrogen and oxygen atoms in total. The summed E-state index contributed by atoms with van der Waals surface area (Å²) in [4.78, 5) is 11.7. The Kier molecular flexibility index (Phi) is 6.03. The number of hydrogen-bond donors (Lipinski definition) is 2. The summed E-state index contributed by atoms with van der Waals surface area (Å²) in [6.07, 6.45) is 1.23. The van der Waals surface area contributed by atoms with Gasteiger partial charge in [0.1, 0.15) is 0 Å². The molecule has 18 heavy (non-hydrogen) atoms. The molecule has 0 aliphatic rings. The largest absolute Gasteiger partial charge is 0.325 e. The zero-order valence-corrected chi connectivity index (χ0v) is 12.7. The molecule has 1 aromatic carbocycles. The van der Waals surface area contributed by atoms with E-state index in [4.69, 9.17) is 11.6 Å². The van der Waals surface area contributed by atoms with Gasteiger partial charge in [-0.1, -0.05) is 38.4 Å². The van der Waals surface area contributed by atoms with E-state index in [2.05, 4.69) is 31.8 Å². The van der Waals surface area contributed by atoms with Gasteiger partial charge in [-0.2, -0.15) is 12.6 Å². The maximum atomic E-state index is 11.7. The van der Waals surface area contributed by atoms with Crippen LogP contribution in [0.25, 0.3) is 0 Å². The third-order valence-electron chi connectivity index (χ3n) is 2.72. The SMILES string of the molecule is CC(S)CCC(=O)Nc1ccc(C(C)C)cc1Cl. The van der Waals surface area contributed by atoms with Crippen LogP contribution in [0.5, 0.6) is 0 Å². The number of rotatable bonds is 5. The van der Waals surface area contributed by atoms with Gasteiger partial charge in [0.25, 0.3) is 0 Å². The first-order chi connectivity index (χ1) is 8.40. The Morgan fingerprint density at radius 2 is 2.06 bits per heavy atom. The van der Waals surface area contributed by atoms with Crippen LogP contribution in [-0.4, -0.2) is 11.2 Å². The highest BCUT2D eigenvalue weighted by Gasteiger charge is 2.08. The van der Waals surface area contributed by atoms with Crippen LogP contribution in [0.3, 0.4) is 0 Å². The summed E-state index contributed by atoms with van der Waals surface area (Å²) < 4.78 is 0. The summed E-state index contributed by atoms with van der Waals surface area (Å²) in [6, 6.07) is 5.76. The predicted molar refractivity (Wildman–Crippen MR) is 81.9 cm³/mol. The summed E-state index contributed by atoms with van der Waals surface area (Å²) in [5, 5.41) is 3.65. The number of benzene rings is 1. The van der Waals surface area contributed by atoms with Gasteiger partial charge >= 0.3 is 0 Å². The van der Waals surface area contributed by atoms with E-state index in [1.165, 1.54) is 5.56 Å². The Morgan fingerprint density at radius 3 is 2.56 bits per heavy atom. The molecule has 0 saturated heterocycles. The lowest BCUT2D eigenvalue weighted by Crippen LogP contribution is -2.13. The van der Waals surface area contributed by atoms with Crippen molar-refractivity contribution in [2.75, 3.05) is 5.32 Å². The molecule has 0 aliphatic heterocycles. The van der Waals surface area contributed by atoms with Crippen LogP contribution in [0.4, 0.5) is 5.69 Å². The molecule has 4 heteroatoms. The third kappa shape index (κ3) is 4.91. The Morgan fingerprint density at radius 1 is 1.39 bits per heavy atom. The van der Waals surface area contributed by atoms with E-state index >= 15 is 0 Å². The molecule has 0 radical (unpaired) electrons. The average Bonchev–Trinajstić information content (AvgIpc) is 2.29. The summed E-state index contributed by atoms with van der Waals surface area (Å²) in [5.41, 5.74) is 1.85. The van der Waals surface area contributed by atoms with Crippen LogP contribution < -0.4 is 5.32 Å². The van der Waals surface area contributed by atoms with E-state index in [1.54, 1.807) is 0 Å². The van der Waals surface area contributed by atoms with E-state index in [1.807, 2.05) is 25.1 Å². The first kappa shape index (κ1) is 15.4. The summed E-state index contributed by atoms with van der Waals surface area (Å²) in [7, 11) is 0. The molecular formula is C14H20ClNOS. The number of carbonyl (C=O) groups excluding carboxylic acids is 1. The van der Waals surface area contributed by atoms with E-state index in [9.17, 15) is 4.79 Å². The van der Waals surface area contributed by atoms with Gasteiger partial charge in [-0.15, -0.1) is 0 Å². The molecule has 0 spiro atoms. The Hall–Kier alpha value is -0.670. The fourth-order valence-electron chi connectivity index (χ4n) is 1.54. The van der Waals surface area contributed by atoms with E-state index < -0.39 is 0 Å². The summed E-state index contributed by atoms with van der Waals surface area (Å²) >= 11 is 10.4. The number of halogens is 1. The van der Waals surface area contributed by atoms with Crippen LogP contribution in [0, 0.1) is 0 Å². The molecule has 1 N–H and O–H groups in total. The molecule has 0 fully saturated rings. The van der Waals surface area contributed by atoms with E-state index in [0.29, 0.717) is 23.0 Å². The molecule has 1 atom stereocenters. The number of thiol groups is 1. The van der Waals surface area contributed by atoms with Crippen LogP contribution >= 0.6 is 24.2 Å². The third-order valence-corrected chi connectivity index (χ3v) is 3.29. The molecule has 0 saturated carbocycles. The van der Waals surface area contributed by atoms with Crippen molar-refractivity contribution in [2.45, 2.75) is 44.8 Å². The minimum atomic E-state index is -0.0184. The summed E-state index contributed by atoms with van der Waals surface area (Å²) in [5.74, 6) is 0.410. The van der Waals surface area contributed by atoms with Gasteiger partial charge in [0.15, 0.2) is 0 Å². The molecule has 1 amide bonds. The van der Waals surface area contributed by atoms with Crippen molar-refractivity contribution in [3.05, 3.63) is 28.8 Å². The monoisotopic (exact) mass is 285 g/mol. The molecule has 0 aromatic heterocycles. The van der Waals surface area contributed by atoms with Gasteiger partial charge in [-0.3, -0.25) is 4.79 Å². The molecule has 0 aliphatic carbocycles. The second-order valence-corrected chi connectivity index (χ2v) is 6.12. The van der Waals surface area contributed by atoms with Gasteiger partial charge < -0.3 is 5.32 Å². The predicted octanol–water partition coefficient (Wildman–Crippen LogP) is 4.50. The van der Waals surface area contributed by atoms with Crippen molar-refractivity contribution in [2.24, 2.45) is 0 Å². The first-order valence-corrected chi connectivity index (χ1v) is 7.07. The lowest BCUT2D eigenvalue weighted by atomic mass is 10.0. The van der Waals surface area contributed by atoms with Crippen molar-refractivity contribution < 1.29 is 4.79 Å². The molecular weight excluding hydrogens is 266 g/mol. The normalized spacial score (nSPS) is 12.6. The smallest absolute Gasteiger partial charge is 0.224 e. The Balaban J connectivity index is 2.65. The minimum Gasteiger partial charge on any atom is -0.325 e. The van der Waals surface area contributed by atoms with Crippen LogP contribution in [-0.2, 0) is 4.79 Å². The zero-order chi connectivity index (χ0) is 13.7. The van der Waals surface area contributed by atoms with Crippen molar-refractivity contribution >= 4 is 35.8 Å². The maximum Gasteiger partial charge on any atom is 0.224 e. The van der Waals surface area contributed by atoms with Crippen molar-refractivity contribution in [1.82, 2.24) is 0 Å². The lowest BCUT2D eigenvalue weighted by Gasteiger charge is -2.11. The number of hydrogen-bond acceptors (Lipinski definition) is 2. The highest BCUT2D eigenvalue weighted by Crippen LogP contribution is 2.26. The second kappa shape index (κ2) is 7.05. The maximum absolute atomic E-state index is 11.7. The molecule has 1 aromatic rings. The van der Waals surface area contributed by atoms with Gasteiger partial charge in [0.05, 0.1) is 10.7 Å². The Labute approximate surface area is 120 Å². The van der Waals surface area contributed by atoms with Crippen molar-refractivity contribution in [3.63, 3.8) is 0 Å². The van der Waals surface area contributed by atoms with Crippen molar-refractivity contribution in [3.8, 4) is 0 Å². The van der Waals surface area contributed by atoms with Crippen molar-refractivity contribution in [1.29, 1.82) is 0 Å². The van der Waals surface area contributed by atoms with Gasteiger partial charge in [0.2, 0.25) is 5.91 Å². The molecule has 0 bridgehead atoms. The van der Waals surface area contributed by atoms with Gasteiger partial charge in [-0.05, 0) is 35.3 Å². The highest BCUT2D eigenvalue weighted by atomic mass is 35.5. The Bertz CT molecular complexity index is 418. The fraction of sp³-hybridized carbons (Fsp3) is 0.500. The zero-order valence-electron chi connectivity index (χ0n) is 11.0. The fourth-order valence-corrected chi connectivity index (χ4v) is 1.91.